The third-order valence-corrected chi connectivity index (χ3v) is 6.48. The third-order valence-electron chi connectivity index (χ3n) is 4.83. The van der Waals surface area contributed by atoms with Crippen molar-refractivity contribution in [3.63, 3.8) is 0 Å². The second-order valence-corrected chi connectivity index (χ2v) is 9.29. The minimum Gasteiger partial charge on any atom is -0.350 e. The molecule has 29 heavy (non-hydrogen) atoms. The second kappa shape index (κ2) is 8.43. The Hall–Kier alpha value is -2.57. The van der Waals surface area contributed by atoms with Crippen LogP contribution in [0.3, 0.4) is 0 Å². The normalized spacial score (nSPS) is 12.6. The SMILES string of the molecule is Cc1ccc(N([C@H](C)C(=O)NCc2cccc3ccccc23)S(C)(=O)=O)cc1Cl. The number of nitrogens with one attached hydrogen (secondary N) is 1. The van der Waals surface area contributed by atoms with Gasteiger partial charge in [0.25, 0.3) is 0 Å². The van der Waals surface area contributed by atoms with Crippen LogP contribution in [0.1, 0.15) is 18.1 Å². The van der Waals surface area contributed by atoms with Crippen molar-refractivity contribution in [3.05, 3.63) is 76.8 Å². The Bertz CT molecular complexity index is 1160. The van der Waals surface area contributed by atoms with Crippen LogP contribution in [0.4, 0.5) is 5.69 Å². The lowest BCUT2D eigenvalue weighted by Gasteiger charge is -2.28. The smallest absolute Gasteiger partial charge is 0.243 e. The number of halogens is 1. The third kappa shape index (κ3) is 4.71. The van der Waals surface area contributed by atoms with Crippen LogP contribution < -0.4 is 9.62 Å². The Balaban J connectivity index is 1.83. The standard InChI is InChI=1S/C22H23ClN2O3S/c1-15-11-12-19(13-21(15)23)25(29(3,27)28)16(2)22(26)24-14-18-9-6-8-17-7-4-5-10-20(17)18/h4-13,16H,14H2,1-3H3,(H,24,26)/t16-/m1/s1. The summed E-state index contributed by atoms with van der Waals surface area (Å²) in [5.74, 6) is -0.389. The number of sulfonamides is 1. The van der Waals surface area contributed by atoms with Crippen LogP contribution in [-0.4, -0.2) is 26.6 Å². The zero-order chi connectivity index (χ0) is 21.2. The summed E-state index contributed by atoms with van der Waals surface area (Å²) in [5, 5.41) is 5.44. The molecule has 0 aliphatic carbocycles. The minimum absolute atomic E-state index is 0.302. The molecule has 1 N–H and O–H groups in total. The molecule has 0 aliphatic heterocycles. The fourth-order valence-electron chi connectivity index (χ4n) is 3.30. The van der Waals surface area contributed by atoms with Crippen molar-refractivity contribution in [2.75, 3.05) is 10.6 Å². The molecule has 0 spiro atoms. The summed E-state index contributed by atoms with van der Waals surface area (Å²) >= 11 is 6.17. The maximum Gasteiger partial charge on any atom is 0.243 e. The molecule has 0 aliphatic rings. The molecule has 0 aromatic heterocycles. The molecule has 0 unspecified atom stereocenters. The summed E-state index contributed by atoms with van der Waals surface area (Å²) in [4.78, 5) is 12.8. The van der Waals surface area contributed by atoms with Gasteiger partial charge in [0.15, 0.2) is 0 Å². The number of carbonyl (C=O) groups excluding carboxylic acids is 1. The molecule has 3 aromatic rings. The Morgan fingerprint density at radius 3 is 2.48 bits per heavy atom. The summed E-state index contributed by atoms with van der Waals surface area (Å²) < 4.78 is 25.9. The molecular formula is C22H23ClN2O3S. The lowest BCUT2D eigenvalue weighted by atomic mass is 10.0. The fraction of sp³-hybridized carbons (Fsp3) is 0.227. The number of amides is 1. The zero-order valence-corrected chi connectivity index (χ0v) is 18.1. The number of carbonyl (C=O) groups is 1. The van der Waals surface area contributed by atoms with Gasteiger partial charge in [0, 0.05) is 11.6 Å². The summed E-state index contributed by atoms with van der Waals surface area (Å²) in [5.41, 5.74) is 2.15. The molecule has 5 nitrogen and oxygen atoms in total. The van der Waals surface area contributed by atoms with E-state index in [9.17, 15) is 13.2 Å². The molecule has 0 heterocycles. The molecule has 7 heteroatoms. The number of hydrogen-bond donors (Lipinski definition) is 1. The van der Waals surface area contributed by atoms with Gasteiger partial charge in [0.05, 0.1) is 11.9 Å². The molecule has 0 radical (unpaired) electrons. The predicted octanol–water partition coefficient (Wildman–Crippen LogP) is 4.27. The van der Waals surface area contributed by atoms with Crippen LogP contribution >= 0.6 is 11.6 Å². The number of benzene rings is 3. The Morgan fingerprint density at radius 2 is 1.79 bits per heavy atom. The molecule has 3 aromatic carbocycles. The monoisotopic (exact) mass is 430 g/mol. The van der Waals surface area contributed by atoms with Gasteiger partial charge >= 0.3 is 0 Å². The van der Waals surface area contributed by atoms with Crippen molar-refractivity contribution < 1.29 is 13.2 Å². The summed E-state index contributed by atoms with van der Waals surface area (Å²) in [6, 6.07) is 17.8. The molecule has 0 saturated heterocycles. The number of nitrogens with zero attached hydrogens (tertiary/aromatic N) is 1. The predicted molar refractivity (Wildman–Crippen MR) is 119 cm³/mol. The van der Waals surface area contributed by atoms with E-state index in [1.165, 1.54) is 0 Å². The Morgan fingerprint density at radius 1 is 1.10 bits per heavy atom. The number of rotatable bonds is 6. The number of hydrogen-bond acceptors (Lipinski definition) is 3. The number of fused-ring (bicyclic) bond motifs is 1. The van der Waals surface area contributed by atoms with E-state index in [0.717, 1.165) is 32.5 Å². The molecule has 0 fully saturated rings. The Labute approximate surface area is 176 Å². The highest BCUT2D eigenvalue weighted by atomic mass is 35.5. The van der Waals surface area contributed by atoms with Gasteiger partial charge < -0.3 is 5.32 Å². The van der Waals surface area contributed by atoms with E-state index in [1.54, 1.807) is 25.1 Å². The topological polar surface area (TPSA) is 66.5 Å². The molecule has 0 bridgehead atoms. The van der Waals surface area contributed by atoms with Gasteiger partial charge in [-0.3, -0.25) is 9.10 Å². The van der Waals surface area contributed by atoms with Gasteiger partial charge in [-0.1, -0.05) is 60.1 Å². The van der Waals surface area contributed by atoms with E-state index in [4.69, 9.17) is 11.6 Å². The van der Waals surface area contributed by atoms with Crippen molar-refractivity contribution in [1.82, 2.24) is 5.32 Å². The van der Waals surface area contributed by atoms with E-state index in [0.29, 0.717) is 17.3 Å². The van der Waals surface area contributed by atoms with Crippen molar-refractivity contribution in [1.29, 1.82) is 0 Å². The number of anilines is 1. The van der Waals surface area contributed by atoms with Crippen LogP contribution in [0.2, 0.25) is 5.02 Å². The summed E-state index contributed by atoms with van der Waals surface area (Å²) in [7, 11) is -3.70. The second-order valence-electron chi connectivity index (χ2n) is 7.02. The van der Waals surface area contributed by atoms with Gasteiger partial charge in [-0.25, -0.2) is 8.42 Å². The average molecular weight is 431 g/mol. The van der Waals surface area contributed by atoms with E-state index < -0.39 is 16.1 Å². The van der Waals surface area contributed by atoms with Crippen molar-refractivity contribution in [3.8, 4) is 0 Å². The van der Waals surface area contributed by atoms with Gasteiger partial charge in [-0.2, -0.15) is 0 Å². The maximum absolute atomic E-state index is 12.8. The first-order valence-corrected chi connectivity index (χ1v) is 11.4. The van der Waals surface area contributed by atoms with Crippen LogP contribution in [-0.2, 0) is 21.4 Å². The van der Waals surface area contributed by atoms with Gasteiger partial charge in [-0.05, 0) is 47.9 Å². The lowest BCUT2D eigenvalue weighted by molar-refractivity contribution is -0.122. The zero-order valence-electron chi connectivity index (χ0n) is 16.5. The molecule has 1 amide bonds. The summed E-state index contributed by atoms with van der Waals surface area (Å²) in [6.07, 6.45) is 1.08. The number of aryl methyl sites for hydroxylation is 1. The first-order chi connectivity index (χ1) is 13.7. The van der Waals surface area contributed by atoms with E-state index >= 15 is 0 Å². The first-order valence-electron chi connectivity index (χ1n) is 9.18. The van der Waals surface area contributed by atoms with Crippen LogP contribution in [0, 0.1) is 6.92 Å². The summed E-state index contributed by atoms with van der Waals surface area (Å²) in [6.45, 7) is 3.70. The van der Waals surface area contributed by atoms with Gasteiger partial charge in [0.1, 0.15) is 6.04 Å². The van der Waals surface area contributed by atoms with E-state index in [2.05, 4.69) is 5.32 Å². The molecular weight excluding hydrogens is 408 g/mol. The van der Waals surface area contributed by atoms with Crippen molar-refractivity contribution in [2.45, 2.75) is 26.4 Å². The lowest BCUT2D eigenvalue weighted by Crippen LogP contribution is -2.47. The highest BCUT2D eigenvalue weighted by molar-refractivity contribution is 7.92. The largest absolute Gasteiger partial charge is 0.350 e. The molecule has 0 saturated carbocycles. The van der Waals surface area contributed by atoms with Gasteiger partial charge in [0.2, 0.25) is 15.9 Å². The van der Waals surface area contributed by atoms with Crippen molar-refractivity contribution >= 4 is 44.0 Å². The quantitative estimate of drug-likeness (QED) is 0.635. The first kappa shape index (κ1) is 21.1. The van der Waals surface area contributed by atoms with Crippen molar-refractivity contribution in [2.24, 2.45) is 0 Å². The van der Waals surface area contributed by atoms with Crippen LogP contribution in [0.15, 0.2) is 60.7 Å². The molecule has 1 atom stereocenters. The Kier molecular flexibility index (Phi) is 6.15. The van der Waals surface area contributed by atoms with Crippen LogP contribution in [0.25, 0.3) is 10.8 Å². The highest BCUT2D eigenvalue weighted by Gasteiger charge is 2.29. The van der Waals surface area contributed by atoms with E-state index in [-0.39, 0.29) is 5.91 Å². The molecule has 3 rings (SSSR count). The van der Waals surface area contributed by atoms with Crippen LogP contribution in [0.5, 0.6) is 0 Å². The average Bonchev–Trinajstić information content (AvgIpc) is 2.67. The highest BCUT2D eigenvalue weighted by Crippen LogP contribution is 2.27. The fourth-order valence-corrected chi connectivity index (χ4v) is 4.65. The van der Waals surface area contributed by atoms with E-state index in [1.807, 2.05) is 49.4 Å². The maximum atomic E-state index is 12.8. The molecule has 152 valence electrons. The minimum atomic E-state index is -3.70. The van der Waals surface area contributed by atoms with Gasteiger partial charge in [-0.15, -0.1) is 0 Å².